The molecule has 26 heavy (non-hydrogen) atoms. The second-order valence-electron chi connectivity index (χ2n) is 5.49. The molecular weight excluding hydrogens is 357 g/mol. The van der Waals surface area contributed by atoms with Crippen LogP contribution in [0.4, 0.5) is 10.1 Å². The summed E-state index contributed by atoms with van der Waals surface area (Å²) in [4.78, 5) is -0.0114. The molecule has 2 aromatic heterocycles. The zero-order valence-corrected chi connectivity index (χ0v) is 14.1. The smallest absolute Gasteiger partial charge is 0.261 e. The topological polar surface area (TPSA) is 89.2 Å². The Morgan fingerprint density at radius 2 is 1.65 bits per heavy atom. The molecule has 0 radical (unpaired) electrons. The summed E-state index contributed by atoms with van der Waals surface area (Å²) in [5, 5.41) is 12.1. The van der Waals surface area contributed by atoms with Crippen molar-refractivity contribution in [2.75, 3.05) is 4.72 Å². The van der Waals surface area contributed by atoms with Crippen LogP contribution in [-0.2, 0) is 10.0 Å². The second-order valence-corrected chi connectivity index (χ2v) is 7.17. The van der Waals surface area contributed by atoms with Gasteiger partial charge in [-0.2, -0.15) is 9.61 Å². The zero-order chi connectivity index (χ0) is 18.1. The highest BCUT2D eigenvalue weighted by molar-refractivity contribution is 7.92. The van der Waals surface area contributed by atoms with Gasteiger partial charge in [0.15, 0.2) is 5.65 Å². The lowest BCUT2D eigenvalue weighted by atomic mass is 10.1. The summed E-state index contributed by atoms with van der Waals surface area (Å²) in [6.07, 6.45) is 1.50. The van der Waals surface area contributed by atoms with Gasteiger partial charge in [0.2, 0.25) is 0 Å². The molecular formula is C17H12FN5O2S. The van der Waals surface area contributed by atoms with E-state index in [9.17, 15) is 12.8 Å². The Labute approximate surface area is 148 Å². The third kappa shape index (κ3) is 3.11. The van der Waals surface area contributed by atoms with E-state index in [1.807, 2.05) is 6.07 Å². The molecule has 0 aliphatic heterocycles. The van der Waals surface area contributed by atoms with Crippen molar-refractivity contribution < 1.29 is 12.8 Å². The summed E-state index contributed by atoms with van der Waals surface area (Å²) in [6.45, 7) is 0. The molecule has 0 aliphatic carbocycles. The molecule has 0 saturated carbocycles. The number of hydrogen-bond donors (Lipinski definition) is 1. The Morgan fingerprint density at radius 3 is 2.38 bits per heavy atom. The van der Waals surface area contributed by atoms with Gasteiger partial charge in [0.25, 0.3) is 10.0 Å². The fourth-order valence-corrected chi connectivity index (χ4v) is 3.48. The van der Waals surface area contributed by atoms with Gasteiger partial charge in [-0.1, -0.05) is 12.1 Å². The highest BCUT2D eigenvalue weighted by atomic mass is 32.2. The Kier molecular flexibility index (Phi) is 3.85. The maximum absolute atomic E-state index is 13.0. The molecule has 0 saturated heterocycles. The van der Waals surface area contributed by atoms with Crippen LogP contribution in [0.5, 0.6) is 0 Å². The molecule has 0 amide bonds. The first-order chi connectivity index (χ1) is 12.5. The number of rotatable bonds is 4. The average molecular weight is 369 g/mol. The average Bonchev–Trinajstić information content (AvgIpc) is 3.10. The van der Waals surface area contributed by atoms with Gasteiger partial charge < -0.3 is 0 Å². The van der Waals surface area contributed by atoms with Crippen molar-refractivity contribution in [1.29, 1.82) is 0 Å². The lowest BCUT2D eigenvalue weighted by Crippen LogP contribution is -2.12. The molecule has 130 valence electrons. The molecule has 0 bridgehead atoms. The zero-order valence-electron chi connectivity index (χ0n) is 13.2. The van der Waals surface area contributed by atoms with Crippen LogP contribution >= 0.6 is 0 Å². The number of nitrogens with one attached hydrogen (secondary N) is 1. The van der Waals surface area contributed by atoms with Crippen molar-refractivity contribution in [2.24, 2.45) is 0 Å². The number of anilines is 1. The molecule has 0 unspecified atom stereocenters. The van der Waals surface area contributed by atoms with Gasteiger partial charge in [-0.3, -0.25) is 4.72 Å². The monoisotopic (exact) mass is 369 g/mol. The number of halogens is 1. The second kappa shape index (κ2) is 6.19. The van der Waals surface area contributed by atoms with Crippen LogP contribution in [0.3, 0.4) is 0 Å². The molecule has 1 N–H and O–H groups in total. The predicted molar refractivity (Wildman–Crippen MR) is 93.4 cm³/mol. The van der Waals surface area contributed by atoms with Crippen molar-refractivity contribution in [3.05, 3.63) is 72.8 Å². The van der Waals surface area contributed by atoms with Gasteiger partial charge >= 0.3 is 0 Å². The fourth-order valence-electron chi connectivity index (χ4n) is 2.42. The van der Waals surface area contributed by atoms with E-state index in [0.717, 1.165) is 17.7 Å². The Bertz CT molecular complexity index is 1170. The quantitative estimate of drug-likeness (QED) is 0.597. The van der Waals surface area contributed by atoms with Gasteiger partial charge in [0.05, 0.1) is 10.6 Å². The maximum atomic E-state index is 13.0. The Balaban J connectivity index is 1.58. The number of benzene rings is 2. The Hall–Kier alpha value is -3.33. The lowest BCUT2D eigenvalue weighted by molar-refractivity contribution is 0.599. The van der Waals surface area contributed by atoms with Crippen molar-refractivity contribution in [3.63, 3.8) is 0 Å². The first-order valence-electron chi connectivity index (χ1n) is 7.57. The van der Waals surface area contributed by atoms with Gasteiger partial charge in [-0.25, -0.2) is 12.8 Å². The minimum absolute atomic E-state index is 0.0114. The van der Waals surface area contributed by atoms with E-state index in [4.69, 9.17) is 0 Å². The minimum Gasteiger partial charge on any atom is -0.280 e. The standard InChI is InChI=1S/C17H12FN5O2S/c18-13-3-7-15(8-4-13)26(24,25)22-14-5-1-12(2-6-14)16-9-10-17-20-19-11-23(17)21-16/h1-11,22H. The maximum Gasteiger partial charge on any atom is 0.261 e. The highest BCUT2D eigenvalue weighted by Crippen LogP contribution is 2.22. The van der Waals surface area contributed by atoms with E-state index >= 15 is 0 Å². The van der Waals surface area contributed by atoms with Crippen LogP contribution in [0, 0.1) is 5.82 Å². The molecule has 0 atom stereocenters. The van der Waals surface area contributed by atoms with Crippen LogP contribution in [0.25, 0.3) is 16.9 Å². The summed E-state index contributed by atoms with van der Waals surface area (Å²) in [5.41, 5.74) is 2.54. The number of aromatic nitrogens is 4. The third-order valence-electron chi connectivity index (χ3n) is 3.72. The molecule has 2 heterocycles. The van der Waals surface area contributed by atoms with Crippen molar-refractivity contribution in [1.82, 2.24) is 19.8 Å². The predicted octanol–water partition coefficient (Wildman–Crippen LogP) is 2.73. The molecule has 4 aromatic rings. The summed E-state index contributed by atoms with van der Waals surface area (Å²) >= 11 is 0. The summed E-state index contributed by atoms with van der Waals surface area (Å²) in [7, 11) is -3.78. The number of hydrogen-bond acceptors (Lipinski definition) is 5. The first kappa shape index (κ1) is 16.2. The summed E-state index contributed by atoms with van der Waals surface area (Å²) in [6, 6.07) is 15.0. The molecule has 4 rings (SSSR count). The highest BCUT2D eigenvalue weighted by Gasteiger charge is 2.14. The van der Waals surface area contributed by atoms with E-state index < -0.39 is 15.8 Å². The van der Waals surface area contributed by atoms with Crippen molar-refractivity contribution >= 4 is 21.4 Å². The number of sulfonamides is 1. The largest absolute Gasteiger partial charge is 0.280 e. The van der Waals surface area contributed by atoms with Crippen molar-refractivity contribution in [3.8, 4) is 11.3 Å². The van der Waals surface area contributed by atoms with E-state index in [1.165, 1.54) is 18.5 Å². The van der Waals surface area contributed by atoms with Gasteiger partial charge in [-0.05, 0) is 48.5 Å². The minimum atomic E-state index is -3.78. The normalized spacial score (nSPS) is 11.6. The third-order valence-corrected chi connectivity index (χ3v) is 5.12. The lowest BCUT2D eigenvalue weighted by Gasteiger charge is -2.09. The van der Waals surface area contributed by atoms with Crippen LogP contribution < -0.4 is 4.72 Å². The van der Waals surface area contributed by atoms with Crippen LogP contribution in [0.15, 0.2) is 71.9 Å². The van der Waals surface area contributed by atoms with Crippen molar-refractivity contribution in [2.45, 2.75) is 4.90 Å². The first-order valence-corrected chi connectivity index (χ1v) is 9.05. The van der Waals surface area contributed by atoms with E-state index in [2.05, 4.69) is 20.0 Å². The van der Waals surface area contributed by atoms with Gasteiger partial charge in [0.1, 0.15) is 12.1 Å². The summed E-state index contributed by atoms with van der Waals surface area (Å²) < 4.78 is 41.6. The molecule has 0 aliphatic rings. The van der Waals surface area contributed by atoms with Crippen LogP contribution in [-0.4, -0.2) is 28.2 Å². The van der Waals surface area contributed by atoms with Gasteiger partial charge in [0, 0.05) is 11.3 Å². The van der Waals surface area contributed by atoms with E-state index in [-0.39, 0.29) is 4.90 Å². The molecule has 0 spiro atoms. The van der Waals surface area contributed by atoms with Crippen LogP contribution in [0.1, 0.15) is 0 Å². The summed E-state index contributed by atoms with van der Waals surface area (Å²) in [5.74, 6) is -0.495. The van der Waals surface area contributed by atoms with E-state index in [1.54, 1.807) is 34.8 Å². The van der Waals surface area contributed by atoms with Crippen LogP contribution in [0.2, 0.25) is 0 Å². The fraction of sp³-hybridized carbons (Fsp3) is 0. The van der Waals surface area contributed by atoms with Gasteiger partial charge in [-0.15, -0.1) is 10.2 Å². The molecule has 2 aromatic carbocycles. The molecule has 9 heteroatoms. The molecule has 0 fully saturated rings. The Morgan fingerprint density at radius 1 is 0.923 bits per heavy atom. The number of nitrogens with zero attached hydrogens (tertiary/aromatic N) is 4. The van der Waals surface area contributed by atoms with E-state index in [0.29, 0.717) is 17.0 Å². The molecule has 7 nitrogen and oxygen atoms in total. The number of fused-ring (bicyclic) bond motifs is 1. The SMILES string of the molecule is O=S(=O)(Nc1ccc(-c2ccc3nncn3n2)cc1)c1ccc(F)cc1.